The Kier molecular flexibility index (Phi) is 3.07. The summed E-state index contributed by atoms with van der Waals surface area (Å²) in [5, 5.41) is 32.5. The molecule has 0 aliphatic carbocycles. The molecule has 11 heavy (non-hydrogen) atoms. The van der Waals surface area contributed by atoms with Crippen LogP contribution in [-0.2, 0) is 4.43 Å². The molecule has 0 saturated heterocycles. The smallest absolute Gasteiger partial charge is 0.368 e. The maximum atomic E-state index is 8.30. The van der Waals surface area contributed by atoms with E-state index in [-0.39, 0.29) is 0 Å². The zero-order valence-electron chi connectivity index (χ0n) is 5.12. The average molecular weight is 188 g/mol. The second-order valence-corrected chi connectivity index (χ2v) is 3.11. The average Bonchev–Trinajstić information content (AvgIpc) is 1.56. The summed E-state index contributed by atoms with van der Waals surface area (Å²) in [6.07, 6.45) is -2.71. The lowest BCUT2D eigenvalue weighted by Crippen LogP contribution is -2.52. The van der Waals surface area contributed by atoms with E-state index in [1.807, 2.05) is 0 Å². The van der Waals surface area contributed by atoms with Gasteiger partial charge in [-0.1, -0.05) is 0 Å². The van der Waals surface area contributed by atoms with Gasteiger partial charge in [0.25, 0.3) is 0 Å². The number of hydrogen-bond acceptors (Lipinski definition) is 8. The van der Waals surface area contributed by atoms with Crippen LogP contribution in [0.3, 0.4) is 0 Å². The molecular weight excluding hydrogens is 180 g/mol. The van der Waals surface area contributed by atoms with Gasteiger partial charge in [0.05, 0.1) is 0 Å². The minimum atomic E-state index is -5.06. The van der Waals surface area contributed by atoms with Gasteiger partial charge in [0, 0.05) is 0 Å². The third-order valence-electron chi connectivity index (χ3n) is 0.601. The zero-order valence-corrected chi connectivity index (χ0v) is 6.12. The highest BCUT2D eigenvalue weighted by atomic mass is 28.4. The lowest BCUT2D eigenvalue weighted by Gasteiger charge is -2.22. The zero-order chi connectivity index (χ0) is 9.28. The van der Waals surface area contributed by atoms with Crippen LogP contribution in [0.1, 0.15) is 0 Å². The quantitative estimate of drug-likeness (QED) is 0.172. The summed E-state index contributed by atoms with van der Waals surface area (Å²) < 4.78 is 3.41. The number of rotatable bonds is 3. The van der Waals surface area contributed by atoms with Gasteiger partial charge in [0.2, 0.25) is 6.29 Å². The van der Waals surface area contributed by atoms with Crippen molar-refractivity contribution in [2.75, 3.05) is 0 Å². The molecule has 0 spiro atoms. The lowest BCUT2D eigenvalue weighted by molar-refractivity contribution is -0.397. The largest absolute Gasteiger partial charge is 0.673 e. The molecule has 1 atom stereocenters. The molecule has 0 amide bonds. The highest BCUT2D eigenvalue weighted by Crippen LogP contribution is 2.06. The van der Waals surface area contributed by atoms with E-state index >= 15 is 0 Å². The summed E-state index contributed by atoms with van der Waals surface area (Å²) in [6.45, 7) is 0. The first kappa shape index (κ1) is 10.9. The molecule has 7 N–H and O–H groups in total. The highest BCUT2D eigenvalue weighted by Gasteiger charge is 2.42. The minimum absolute atomic E-state index is 2.71. The van der Waals surface area contributed by atoms with Gasteiger partial charge in [-0.25, -0.2) is 0 Å². The summed E-state index contributed by atoms with van der Waals surface area (Å²) in [6, 6.07) is 0. The van der Waals surface area contributed by atoms with E-state index in [9.17, 15) is 0 Å². The number of aliphatic hydroxyl groups excluding tert-OH is 1. The van der Waals surface area contributed by atoms with Crippen LogP contribution in [0.15, 0.2) is 0 Å². The molecule has 0 aromatic rings. The maximum Gasteiger partial charge on any atom is 0.673 e. The number of hydrogen-bond donors (Lipinski definition) is 7. The molecule has 0 rings (SSSR count). The first-order valence-corrected chi connectivity index (χ1v) is 4.08. The van der Waals surface area contributed by atoms with Crippen LogP contribution in [0.4, 0.5) is 0 Å². The van der Waals surface area contributed by atoms with Gasteiger partial charge in [-0.2, -0.15) is 0 Å². The Morgan fingerprint density at radius 3 is 1.55 bits per heavy atom. The van der Waals surface area contributed by atoms with Crippen LogP contribution >= 0.6 is 0 Å². The van der Waals surface area contributed by atoms with Gasteiger partial charge in [-0.15, -0.1) is 0 Å². The first-order chi connectivity index (χ1) is 4.63. The molecule has 1 unspecified atom stereocenters. The third-order valence-corrected chi connectivity index (χ3v) is 1.14. The van der Waals surface area contributed by atoms with Crippen molar-refractivity contribution >= 4 is 9.05 Å². The van der Waals surface area contributed by atoms with Crippen molar-refractivity contribution < 1.29 is 39.2 Å². The Labute approximate surface area is 61.7 Å². The van der Waals surface area contributed by atoms with Crippen LogP contribution in [0, 0.1) is 0 Å². The van der Waals surface area contributed by atoms with E-state index in [2.05, 4.69) is 4.43 Å². The van der Waals surface area contributed by atoms with Gasteiger partial charge in [0.15, 0.2) is 0 Å². The fraction of sp³-hybridized carbons (Fsp3) is 1.00. The Bertz CT molecular complexity index is 121. The molecule has 8 nitrogen and oxygen atoms in total. The van der Waals surface area contributed by atoms with Crippen molar-refractivity contribution in [2.45, 2.75) is 12.3 Å². The molecular formula is C2H8O8Si. The van der Waals surface area contributed by atoms with E-state index in [1.165, 1.54) is 0 Å². The van der Waals surface area contributed by atoms with E-state index in [0.29, 0.717) is 0 Å². The second-order valence-electron chi connectivity index (χ2n) is 1.73. The molecule has 0 aromatic heterocycles. The first-order valence-electron chi connectivity index (χ1n) is 2.33. The van der Waals surface area contributed by atoms with Crippen molar-refractivity contribution in [3.8, 4) is 0 Å². The number of aliphatic hydroxyl groups is 4. The molecule has 0 saturated carbocycles. The third kappa shape index (κ3) is 5.20. The highest BCUT2D eigenvalue weighted by molar-refractivity contribution is 6.48. The second kappa shape index (κ2) is 3.10. The molecule has 0 aromatic carbocycles. The Morgan fingerprint density at radius 1 is 1.09 bits per heavy atom. The van der Waals surface area contributed by atoms with Crippen molar-refractivity contribution in [1.29, 1.82) is 0 Å². The summed E-state index contributed by atoms with van der Waals surface area (Å²) >= 11 is 0. The predicted molar refractivity (Wildman–Crippen MR) is 28.9 cm³/mol. The van der Waals surface area contributed by atoms with Crippen molar-refractivity contribution in [3.63, 3.8) is 0 Å². The van der Waals surface area contributed by atoms with Gasteiger partial charge >= 0.3 is 15.0 Å². The van der Waals surface area contributed by atoms with Gasteiger partial charge in [-0.05, 0) is 0 Å². The van der Waals surface area contributed by atoms with Crippen LogP contribution < -0.4 is 0 Å². The fourth-order valence-electron chi connectivity index (χ4n) is 0.229. The van der Waals surface area contributed by atoms with E-state index in [0.717, 1.165) is 0 Å². The monoisotopic (exact) mass is 188 g/mol. The van der Waals surface area contributed by atoms with Gasteiger partial charge in [0.1, 0.15) is 0 Å². The molecule has 0 radical (unpaired) electrons. The van der Waals surface area contributed by atoms with E-state index in [4.69, 9.17) is 34.8 Å². The lowest BCUT2D eigenvalue weighted by atomic mass is 10.5. The van der Waals surface area contributed by atoms with Crippen molar-refractivity contribution in [2.24, 2.45) is 0 Å². The van der Waals surface area contributed by atoms with E-state index < -0.39 is 21.3 Å². The predicted octanol–water partition coefficient (Wildman–Crippen LogP) is -4.64. The minimum Gasteiger partial charge on any atom is -0.368 e. The standard InChI is InChI=1S/C2H8O8Si/c3-1(2(4,5)6)10-11(7,8)9/h1,3-9H. The fourth-order valence-corrected chi connectivity index (χ4v) is 0.686. The summed E-state index contributed by atoms with van der Waals surface area (Å²) in [4.78, 5) is 24.3. The molecule has 9 heteroatoms. The molecule has 0 fully saturated rings. The van der Waals surface area contributed by atoms with E-state index in [1.54, 1.807) is 0 Å². The molecule has 0 aliphatic rings. The maximum absolute atomic E-state index is 8.30. The van der Waals surface area contributed by atoms with Crippen LogP contribution in [0.25, 0.3) is 0 Å². The summed E-state index contributed by atoms with van der Waals surface area (Å²) in [5.74, 6) is -3.65. The molecule has 0 heterocycles. The Hall–Kier alpha value is -0.103. The molecule has 68 valence electrons. The molecule has 0 bridgehead atoms. The van der Waals surface area contributed by atoms with Crippen LogP contribution in [0.5, 0.6) is 0 Å². The summed E-state index contributed by atoms with van der Waals surface area (Å²) in [7, 11) is -5.06. The SMILES string of the molecule is OC(O[Si](O)(O)O)C(O)(O)O. The van der Waals surface area contributed by atoms with Gasteiger partial charge < -0.3 is 39.2 Å². The van der Waals surface area contributed by atoms with Crippen LogP contribution in [-0.4, -0.2) is 56.1 Å². The molecule has 0 aliphatic heterocycles. The normalized spacial score (nSPS) is 16.6. The summed E-state index contributed by atoms with van der Waals surface area (Å²) in [5.41, 5.74) is 0. The Balaban J connectivity index is 3.99. The van der Waals surface area contributed by atoms with Crippen LogP contribution in [0.2, 0.25) is 0 Å². The topological polar surface area (TPSA) is 151 Å². The van der Waals surface area contributed by atoms with Crippen molar-refractivity contribution in [3.05, 3.63) is 0 Å². The van der Waals surface area contributed by atoms with Crippen molar-refractivity contribution in [1.82, 2.24) is 0 Å². The Morgan fingerprint density at radius 2 is 1.45 bits per heavy atom. The van der Waals surface area contributed by atoms with Gasteiger partial charge in [-0.3, -0.25) is 0 Å².